The fourth-order valence-corrected chi connectivity index (χ4v) is 2.35. The Morgan fingerprint density at radius 1 is 1.00 bits per heavy atom. The average molecular weight is 379 g/mol. The number of halogens is 4. The molecule has 0 aliphatic carbocycles. The van der Waals surface area contributed by atoms with E-state index in [1.54, 1.807) is 24.3 Å². The third-order valence-electron chi connectivity index (χ3n) is 2.86. The van der Waals surface area contributed by atoms with E-state index in [1.165, 1.54) is 12.1 Å². The van der Waals surface area contributed by atoms with E-state index in [0.717, 1.165) is 12.1 Å². The van der Waals surface area contributed by atoms with E-state index in [0.29, 0.717) is 21.9 Å². The molecule has 0 spiro atoms. The van der Waals surface area contributed by atoms with Crippen LogP contribution < -0.4 is 10.0 Å². The highest BCUT2D eigenvalue weighted by Crippen LogP contribution is 2.27. The Bertz CT molecular complexity index is 848. The zero-order valence-electron chi connectivity index (χ0n) is 11.8. The number of alkyl halides is 3. The first kappa shape index (κ1) is 18.1. The van der Waals surface area contributed by atoms with E-state index < -0.39 is 21.4 Å². The standard InChI is InChI=1S/C14H10ClF3N2O3S/c15-11-5-1-9(2-6-11)13(20-19)10-3-7-12(8-4-10)23-24(21,22)14(16,17)18/h1-8H,19H2. The summed E-state index contributed by atoms with van der Waals surface area (Å²) in [6, 6.07) is 11.4. The third-order valence-corrected chi connectivity index (χ3v) is 4.09. The summed E-state index contributed by atoms with van der Waals surface area (Å²) >= 11 is 5.79. The fourth-order valence-electron chi connectivity index (χ4n) is 1.77. The fraction of sp³-hybridized carbons (Fsp3) is 0.0714. The van der Waals surface area contributed by atoms with E-state index in [1.807, 2.05) is 0 Å². The third kappa shape index (κ3) is 3.98. The lowest BCUT2D eigenvalue weighted by Crippen LogP contribution is -2.28. The summed E-state index contributed by atoms with van der Waals surface area (Å²) in [6.07, 6.45) is 0. The van der Waals surface area contributed by atoms with Gasteiger partial charge in [-0.3, -0.25) is 0 Å². The summed E-state index contributed by atoms with van der Waals surface area (Å²) in [5, 5.41) is 4.15. The van der Waals surface area contributed by atoms with Gasteiger partial charge in [-0.2, -0.15) is 26.7 Å². The number of rotatable bonds is 4. The largest absolute Gasteiger partial charge is 0.534 e. The maximum absolute atomic E-state index is 12.3. The number of benzene rings is 2. The number of hydrogen-bond acceptors (Lipinski definition) is 5. The van der Waals surface area contributed by atoms with Crippen LogP contribution in [-0.2, 0) is 10.1 Å². The van der Waals surface area contributed by atoms with Gasteiger partial charge in [-0.05, 0) is 36.4 Å². The summed E-state index contributed by atoms with van der Waals surface area (Å²) < 4.78 is 62.7. The molecule has 10 heteroatoms. The van der Waals surface area contributed by atoms with Gasteiger partial charge in [-0.25, -0.2) is 0 Å². The highest BCUT2D eigenvalue weighted by Gasteiger charge is 2.48. The summed E-state index contributed by atoms with van der Waals surface area (Å²) in [6.45, 7) is 0. The molecule has 0 bridgehead atoms. The van der Waals surface area contributed by atoms with Crippen LogP contribution in [0.2, 0.25) is 5.02 Å². The second kappa shape index (κ2) is 6.70. The normalized spacial score (nSPS) is 12.9. The van der Waals surface area contributed by atoms with Crippen LogP contribution in [0.5, 0.6) is 5.75 Å². The van der Waals surface area contributed by atoms with Gasteiger partial charge in [0.25, 0.3) is 0 Å². The molecule has 0 saturated heterocycles. The number of nitrogens with zero attached hydrogens (tertiary/aromatic N) is 1. The molecular formula is C14H10ClF3N2O3S. The van der Waals surface area contributed by atoms with Crippen LogP contribution >= 0.6 is 11.6 Å². The Hall–Kier alpha value is -2.26. The second-order valence-corrected chi connectivity index (χ2v) is 6.47. The van der Waals surface area contributed by atoms with E-state index in [9.17, 15) is 21.6 Å². The number of hydrazone groups is 1. The molecule has 2 aromatic carbocycles. The van der Waals surface area contributed by atoms with Crippen LogP contribution in [-0.4, -0.2) is 19.6 Å². The van der Waals surface area contributed by atoms with Gasteiger partial charge in [0, 0.05) is 16.1 Å². The molecule has 0 fully saturated rings. The van der Waals surface area contributed by atoms with Crippen molar-refractivity contribution in [2.45, 2.75) is 5.51 Å². The zero-order chi connectivity index (χ0) is 18.0. The van der Waals surface area contributed by atoms with Crippen LogP contribution in [0.4, 0.5) is 13.2 Å². The van der Waals surface area contributed by atoms with Crippen molar-refractivity contribution in [3.63, 3.8) is 0 Å². The summed E-state index contributed by atoms with van der Waals surface area (Å²) in [7, 11) is -5.72. The smallest absolute Gasteiger partial charge is 0.376 e. The molecule has 0 aromatic heterocycles. The molecule has 0 aliphatic heterocycles. The quantitative estimate of drug-likeness (QED) is 0.291. The SMILES string of the molecule is NN=C(c1ccc(Cl)cc1)c1ccc(OS(=O)(=O)C(F)(F)F)cc1. The van der Waals surface area contributed by atoms with Crippen molar-refractivity contribution in [1.29, 1.82) is 0 Å². The van der Waals surface area contributed by atoms with E-state index in [-0.39, 0.29) is 0 Å². The van der Waals surface area contributed by atoms with Crippen molar-refractivity contribution < 1.29 is 25.8 Å². The van der Waals surface area contributed by atoms with Gasteiger partial charge in [0.1, 0.15) is 5.75 Å². The van der Waals surface area contributed by atoms with Crippen LogP contribution in [0.15, 0.2) is 53.6 Å². The minimum atomic E-state index is -5.72. The van der Waals surface area contributed by atoms with Crippen molar-refractivity contribution >= 4 is 27.4 Å². The number of nitrogens with two attached hydrogens (primary N) is 1. The molecule has 0 unspecified atom stereocenters. The Kier molecular flexibility index (Phi) is 5.05. The molecule has 0 radical (unpaired) electrons. The molecule has 128 valence electrons. The molecule has 0 amide bonds. The van der Waals surface area contributed by atoms with Gasteiger partial charge >= 0.3 is 15.6 Å². The van der Waals surface area contributed by atoms with Crippen LogP contribution in [0.1, 0.15) is 11.1 Å². The molecule has 0 atom stereocenters. The van der Waals surface area contributed by atoms with Gasteiger partial charge < -0.3 is 10.0 Å². The summed E-state index contributed by atoms with van der Waals surface area (Å²) in [5.74, 6) is 4.87. The summed E-state index contributed by atoms with van der Waals surface area (Å²) in [4.78, 5) is 0. The molecule has 0 aliphatic rings. The Balaban J connectivity index is 2.27. The predicted octanol–water partition coefficient (Wildman–Crippen LogP) is 3.28. The molecule has 2 rings (SSSR count). The minimum Gasteiger partial charge on any atom is -0.376 e. The molecule has 24 heavy (non-hydrogen) atoms. The van der Waals surface area contributed by atoms with Gasteiger partial charge in [0.2, 0.25) is 0 Å². The van der Waals surface area contributed by atoms with Gasteiger partial charge in [0.15, 0.2) is 0 Å². The van der Waals surface area contributed by atoms with E-state index in [4.69, 9.17) is 17.4 Å². The van der Waals surface area contributed by atoms with Gasteiger partial charge in [-0.15, -0.1) is 0 Å². The zero-order valence-corrected chi connectivity index (χ0v) is 13.4. The maximum Gasteiger partial charge on any atom is 0.534 e. The van der Waals surface area contributed by atoms with Crippen LogP contribution in [0, 0.1) is 0 Å². The lowest BCUT2D eigenvalue weighted by Gasteiger charge is -2.10. The topological polar surface area (TPSA) is 81.8 Å². The molecule has 2 N–H and O–H groups in total. The van der Waals surface area contributed by atoms with Crippen molar-refractivity contribution in [2.24, 2.45) is 10.9 Å². The lowest BCUT2D eigenvalue weighted by molar-refractivity contribution is -0.0500. The summed E-state index contributed by atoms with van der Waals surface area (Å²) in [5.41, 5.74) is -4.08. The highest BCUT2D eigenvalue weighted by atomic mass is 35.5. The van der Waals surface area contributed by atoms with Gasteiger partial charge in [0.05, 0.1) is 5.71 Å². The van der Waals surface area contributed by atoms with Crippen LogP contribution in [0.3, 0.4) is 0 Å². The van der Waals surface area contributed by atoms with E-state index >= 15 is 0 Å². The monoisotopic (exact) mass is 378 g/mol. The predicted molar refractivity (Wildman–Crippen MR) is 83.3 cm³/mol. The first-order chi connectivity index (χ1) is 11.1. The Morgan fingerprint density at radius 3 is 1.88 bits per heavy atom. The molecule has 0 heterocycles. The molecular weight excluding hydrogens is 369 g/mol. The first-order valence-corrected chi connectivity index (χ1v) is 8.07. The average Bonchev–Trinajstić information content (AvgIpc) is 2.50. The Morgan fingerprint density at radius 2 is 1.46 bits per heavy atom. The van der Waals surface area contributed by atoms with Gasteiger partial charge in [-0.1, -0.05) is 23.7 Å². The highest BCUT2D eigenvalue weighted by molar-refractivity contribution is 7.88. The first-order valence-electron chi connectivity index (χ1n) is 6.29. The van der Waals surface area contributed by atoms with Crippen molar-refractivity contribution in [3.05, 3.63) is 64.7 Å². The number of hydrogen-bond donors (Lipinski definition) is 1. The molecule has 0 saturated carbocycles. The second-order valence-electron chi connectivity index (χ2n) is 4.49. The lowest BCUT2D eigenvalue weighted by atomic mass is 10.0. The molecule has 2 aromatic rings. The molecule has 5 nitrogen and oxygen atoms in total. The maximum atomic E-state index is 12.3. The Labute approximate surface area is 140 Å². The van der Waals surface area contributed by atoms with Crippen molar-refractivity contribution in [2.75, 3.05) is 0 Å². The van der Waals surface area contributed by atoms with E-state index in [2.05, 4.69) is 9.28 Å². The van der Waals surface area contributed by atoms with Crippen molar-refractivity contribution in [3.8, 4) is 5.75 Å². The van der Waals surface area contributed by atoms with Crippen molar-refractivity contribution in [1.82, 2.24) is 0 Å². The minimum absolute atomic E-state index is 0.344. The van der Waals surface area contributed by atoms with Crippen LogP contribution in [0.25, 0.3) is 0 Å².